The molecule has 0 radical (unpaired) electrons. The van der Waals surface area contributed by atoms with Crippen molar-refractivity contribution < 1.29 is 8.78 Å². The minimum absolute atomic E-state index is 0.184. The van der Waals surface area contributed by atoms with Gasteiger partial charge in [-0.05, 0) is 37.1 Å². The zero-order valence-corrected chi connectivity index (χ0v) is 11.3. The van der Waals surface area contributed by atoms with E-state index < -0.39 is 11.6 Å². The molecule has 0 atom stereocenters. The molecule has 0 aromatic heterocycles. The summed E-state index contributed by atoms with van der Waals surface area (Å²) in [6.45, 7) is 3.62. The van der Waals surface area contributed by atoms with Crippen molar-refractivity contribution in [3.05, 3.63) is 70.3 Å². The van der Waals surface area contributed by atoms with Crippen molar-refractivity contribution in [2.45, 2.75) is 13.8 Å². The largest absolute Gasteiger partial charge is 0.206 e. The third-order valence-corrected chi connectivity index (χ3v) is 2.76. The minimum Gasteiger partial charge on any atom is -0.206 e. The van der Waals surface area contributed by atoms with E-state index in [1.165, 1.54) is 18.3 Å². The van der Waals surface area contributed by atoms with Crippen molar-refractivity contribution in [2.24, 2.45) is 10.2 Å². The van der Waals surface area contributed by atoms with Gasteiger partial charge in [-0.1, -0.05) is 29.8 Å². The Bertz CT molecular complexity index is 636. The molecule has 0 aliphatic heterocycles. The van der Waals surface area contributed by atoms with Crippen LogP contribution in [0, 0.1) is 25.5 Å². The summed E-state index contributed by atoms with van der Waals surface area (Å²) in [5, 5.41) is 7.46. The number of rotatable bonds is 3. The van der Waals surface area contributed by atoms with Gasteiger partial charge in [0.05, 0.1) is 18.0 Å². The number of benzene rings is 2. The first kappa shape index (κ1) is 14.1. The van der Waals surface area contributed by atoms with Crippen LogP contribution in [0.4, 0.5) is 8.78 Å². The number of nitrogens with zero attached hydrogens (tertiary/aromatic N) is 2. The number of hydrogen-bond donors (Lipinski definition) is 0. The highest BCUT2D eigenvalue weighted by atomic mass is 19.1. The molecule has 2 nitrogen and oxygen atoms in total. The molecule has 2 aromatic rings. The molecule has 2 aromatic carbocycles. The van der Waals surface area contributed by atoms with Gasteiger partial charge >= 0.3 is 0 Å². The number of aryl methyl sites for hydroxylation is 2. The Morgan fingerprint density at radius 2 is 1.35 bits per heavy atom. The second-order valence-corrected chi connectivity index (χ2v) is 4.54. The van der Waals surface area contributed by atoms with Crippen LogP contribution in [0.1, 0.15) is 22.3 Å². The molecule has 0 aliphatic carbocycles. The molecular weight excluding hydrogens is 258 g/mol. The molecule has 0 amide bonds. The van der Waals surface area contributed by atoms with E-state index in [-0.39, 0.29) is 5.56 Å². The molecule has 0 heterocycles. The molecule has 0 saturated heterocycles. The van der Waals surface area contributed by atoms with Gasteiger partial charge in [-0.3, -0.25) is 0 Å². The van der Waals surface area contributed by atoms with Crippen LogP contribution >= 0.6 is 0 Å². The van der Waals surface area contributed by atoms with Crippen molar-refractivity contribution in [1.29, 1.82) is 0 Å². The lowest BCUT2D eigenvalue weighted by Crippen LogP contribution is -1.95. The van der Waals surface area contributed by atoms with E-state index in [2.05, 4.69) is 10.2 Å². The number of hydrogen-bond acceptors (Lipinski definition) is 2. The van der Waals surface area contributed by atoms with Crippen molar-refractivity contribution in [3.8, 4) is 0 Å². The van der Waals surface area contributed by atoms with Crippen LogP contribution in [0.2, 0.25) is 0 Å². The monoisotopic (exact) mass is 272 g/mol. The number of halogens is 2. The van der Waals surface area contributed by atoms with Gasteiger partial charge in [-0.2, -0.15) is 10.2 Å². The molecule has 0 unspecified atom stereocenters. The van der Waals surface area contributed by atoms with Gasteiger partial charge in [0.1, 0.15) is 11.6 Å². The Labute approximate surface area is 116 Å². The fourth-order valence-corrected chi connectivity index (χ4v) is 1.68. The molecule has 4 heteroatoms. The third-order valence-electron chi connectivity index (χ3n) is 2.76. The van der Waals surface area contributed by atoms with E-state index >= 15 is 0 Å². The minimum atomic E-state index is -0.642. The van der Waals surface area contributed by atoms with Crippen LogP contribution in [-0.4, -0.2) is 12.4 Å². The predicted molar refractivity (Wildman–Crippen MR) is 77.5 cm³/mol. The Morgan fingerprint density at radius 1 is 0.800 bits per heavy atom. The summed E-state index contributed by atoms with van der Waals surface area (Å²) in [4.78, 5) is 0. The summed E-state index contributed by atoms with van der Waals surface area (Å²) in [6, 6.07) is 10.2. The lowest BCUT2D eigenvalue weighted by atomic mass is 10.1. The molecular formula is C16H14F2N2. The zero-order valence-electron chi connectivity index (χ0n) is 11.3. The molecule has 2 rings (SSSR count). The summed E-state index contributed by atoms with van der Waals surface area (Å²) in [5.74, 6) is -1.28. The topological polar surface area (TPSA) is 24.7 Å². The van der Waals surface area contributed by atoms with Crippen molar-refractivity contribution >= 4 is 12.4 Å². The summed E-state index contributed by atoms with van der Waals surface area (Å²) in [5.41, 5.74) is 2.36. The van der Waals surface area contributed by atoms with E-state index in [4.69, 9.17) is 0 Å². The lowest BCUT2D eigenvalue weighted by Gasteiger charge is -1.99. The van der Waals surface area contributed by atoms with Gasteiger partial charge in [0.2, 0.25) is 0 Å². The normalized spacial score (nSPS) is 11.6. The zero-order chi connectivity index (χ0) is 14.5. The van der Waals surface area contributed by atoms with E-state index in [9.17, 15) is 8.78 Å². The van der Waals surface area contributed by atoms with E-state index in [1.54, 1.807) is 6.92 Å². The average molecular weight is 272 g/mol. The molecule has 0 bridgehead atoms. The van der Waals surface area contributed by atoms with Gasteiger partial charge < -0.3 is 0 Å². The molecule has 0 N–H and O–H groups in total. The van der Waals surface area contributed by atoms with Crippen LogP contribution in [-0.2, 0) is 0 Å². The van der Waals surface area contributed by atoms with Crippen molar-refractivity contribution in [1.82, 2.24) is 0 Å². The third kappa shape index (κ3) is 3.57. The predicted octanol–water partition coefficient (Wildman–Crippen LogP) is 4.03. The van der Waals surface area contributed by atoms with Crippen LogP contribution in [0.3, 0.4) is 0 Å². The fourth-order valence-electron chi connectivity index (χ4n) is 1.68. The summed E-state index contributed by atoms with van der Waals surface area (Å²) in [6.07, 6.45) is 2.61. The molecule has 0 aliphatic rings. The average Bonchev–Trinajstić information content (AvgIpc) is 2.39. The van der Waals surface area contributed by atoms with Gasteiger partial charge in [-0.25, -0.2) is 8.78 Å². The van der Waals surface area contributed by atoms with Crippen LogP contribution < -0.4 is 0 Å². The molecule has 0 fully saturated rings. The highest BCUT2D eigenvalue weighted by Gasteiger charge is 2.07. The van der Waals surface area contributed by atoms with Gasteiger partial charge in [-0.15, -0.1) is 0 Å². The SMILES string of the molecule is Cc1ccc(/C=N/N=C/c2c(F)cc(C)cc2F)cc1. The van der Waals surface area contributed by atoms with Crippen molar-refractivity contribution in [3.63, 3.8) is 0 Å². The Hall–Kier alpha value is -2.36. The van der Waals surface area contributed by atoms with Crippen LogP contribution in [0.25, 0.3) is 0 Å². The fraction of sp³-hybridized carbons (Fsp3) is 0.125. The first-order valence-electron chi connectivity index (χ1n) is 6.15. The molecule has 102 valence electrons. The maximum Gasteiger partial charge on any atom is 0.135 e. The second-order valence-electron chi connectivity index (χ2n) is 4.54. The standard InChI is InChI=1S/C16H14F2N2/c1-11-3-5-13(6-4-11)9-19-20-10-14-15(17)7-12(2)8-16(14)18/h3-10H,1-2H3/b19-9+,20-10+. The molecule has 0 spiro atoms. The van der Waals surface area contributed by atoms with E-state index in [0.717, 1.165) is 17.3 Å². The highest BCUT2D eigenvalue weighted by Crippen LogP contribution is 2.13. The first-order valence-corrected chi connectivity index (χ1v) is 6.15. The Morgan fingerprint density at radius 3 is 1.95 bits per heavy atom. The van der Waals surface area contributed by atoms with E-state index in [0.29, 0.717) is 5.56 Å². The summed E-state index contributed by atoms with van der Waals surface area (Å²) < 4.78 is 27.0. The summed E-state index contributed by atoms with van der Waals surface area (Å²) in [7, 11) is 0. The van der Waals surface area contributed by atoms with Gasteiger partial charge in [0.15, 0.2) is 0 Å². The maximum atomic E-state index is 13.5. The quantitative estimate of drug-likeness (QED) is 0.595. The molecule has 20 heavy (non-hydrogen) atoms. The Balaban J connectivity index is 2.12. The van der Waals surface area contributed by atoms with Crippen LogP contribution in [0.5, 0.6) is 0 Å². The first-order chi connectivity index (χ1) is 9.56. The lowest BCUT2D eigenvalue weighted by molar-refractivity contribution is 0.578. The van der Waals surface area contributed by atoms with E-state index in [1.807, 2.05) is 31.2 Å². The highest BCUT2D eigenvalue weighted by molar-refractivity contribution is 5.83. The van der Waals surface area contributed by atoms with Gasteiger partial charge in [0, 0.05) is 0 Å². The smallest absolute Gasteiger partial charge is 0.135 e. The van der Waals surface area contributed by atoms with Crippen molar-refractivity contribution in [2.75, 3.05) is 0 Å². The maximum absolute atomic E-state index is 13.5. The Kier molecular flexibility index (Phi) is 4.35. The second kappa shape index (κ2) is 6.19. The molecule has 0 saturated carbocycles. The van der Waals surface area contributed by atoms with Gasteiger partial charge in [0.25, 0.3) is 0 Å². The van der Waals surface area contributed by atoms with Crippen LogP contribution in [0.15, 0.2) is 46.6 Å². The summed E-state index contributed by atoms with van der Waals surface area (Å²) >= 11 is 0.